The molecule has 0 aliphatic heterocycles. The molecule has 0 spiro atoms. The van der Waals surface area contributed by atoms with Crippen LogP contribution in [0.25, 0.3) is 0 Å². The van der Waals surface area contributed by atoms with E-state index in [0.717, 1.165) is 5.56 Å². The molecular weight excluding hydrogens is 324 g/mol. The van der Waals surface area contributed by atoms with Gasteiger partial charge in [0.2, 0.25) is 0 Å². The molecule has 0 heterocycles. The van der Waals surface area contributed by atoms with E-state index in [1.54, 1.807) is 19.1 Å². The van der Waals surface area contributed by atoms with E-state index in [1.165, 1.54) is 12.1 Å². The molecule has 0 saturated carbocycles. The second kappa shape index (κ2) is 6.79. The molecule has 2 aromatic carbocycles. The van der Waals surface area contributed by atoms with E-state index in [0.29, 0.717) is 0 Å². The Morgan fingerprint density at radius 3 is 2.27 bits per heavy atom. The Hall–Kier alpha value is -1.40. The summed E-state index contributed by atoms with van der Waals surface area (Å²) in [5.41, 5.74) is -0.0258. The summed E-state index contributed by atoms with van der Waals surface area (Å²) in [6, 6.07) is 15.2. The molecule has 0 aromatic heterocycles. The Morgan fingerprint density at radius 2 is 1.68 bits per heavy atom. The van der Waals surface area contributed by atoms with Crippen LogP contribution in [0.3, 0.4) is 0 Å². The Labute approximate surface area is 135 Å². The van der Waals surface area contributed by atoms with Crippen LogP contribution in [0.2, 0.25) is 5.02 Å². The zero-order chi connectivity index (χ0) is 16.2. The fourth-order valence-corrected chi connectivity index (χ4v) is 3.49. The molecule has 0 radical (unpaired) electrons. The van der Waals surface area contributed by atoms with Gasteiger partial charge in [-0.05, 0) is 17.7 Å². The fourth-order valence-electron chi connectivity index (χ4n) is 1.98. The maximum Gasteiger partial charge on any atom is 0.298 e. The predicted molar refractivity (Wildman–Crippen MR) is 85.5 cm³/mol. The Kier molecular flexibility index (Phi) is 5.24. The molecule has 0 aliphatic carbocycles. The average Bonchev–Trinajstić information content (AvgIpc) is 2.54. The highest BCUT2D eigenvalue weighted by Gasteiger charge is 2.30. The lowest BCUT2D eigenvalue weighted by molar-refractivity contribution is 0.145. The smallest absolute Gasteiger partial charge is 0.298 e. The molecule has 0 amide bonds. The third-order valence-electron chi connectivity index (χ3n) is 3.46. The first-order chi connectivity index (χ1) is 10.4. The highest BCUT2D eigenvalue weighted by Crippen LogP contribution is 2.27. The second-order valence-electron chi connectivity index (χ2n) is 5.23. The van der Waals surface area contributed by atoms with Crippen molar-refractivity contribution in [2.45, 2.75) is 17.2 Å². The van der Waals surface area contributed by atoms with Crippen molar-refractivity contribution in [2.24, 2.45) is 0 Å². The molecule has 0 saturated heterocycles. The van der Waals surface area contributed by atoms with E-state index in [9.17, 15) is 13.5 Å². The normalized spacial score (nSPS) is 14.5. The largest absolute Gasteiger partial charge is 0.395 e. The third-order valence-corrected chi connectivity index (χ3v) is 5.22. The maximum atomic E-state index is 12.3. The Bertz CT molecular complexity index is 731. The molecule has 0 bridgehead atoms. The molecule has 118 valence electrons. The van der Waals surface area contributed by atoms with Gasteiger partial charge in [0.05, 0.1) is 18.2 Å². The molecule has 4 nitrogen and oxygen atoms in total. The number of rotatable bonds is 6. The van der Waals surface area contributed by atoms with E-state index < -0.39 is 15.5 Å². The molecule has 2 aromatic rings. The Balaban J connectivity index is 2.22. The number of hydrogen-bond donors (Lipinski definition) is 1. The zero-order valence-electron chi connectivity index (χ0n) is 12.1. The summed E-state index contributed by atoms with van der Waals surface area (Å²) in [6.45, 7) is 1.32. The van der Waals surface area contributed by atoms with Gasteiger partial charge in [-0.3, -0.25) is 4.18 Å². The molecule has 1 N–H and O–H groups in total. The lowest BCUT2D eigenvalue weighted by Crippen LogP contribution is -2.33. The molecule has 0 aliphatic rings. The van der Waals surface area contributed by atoms with Crippen LogP contribution < -0.4 is 0 Å². The quantitative estimate of drug-likeness (QED) is 0.821. The Morgan fingerprint density at radius 1 is 1.09 bits per heavy atom. The van der Waals surface area contributed by atoms with E-state index >= 15 is 0 Å². The first-order valence-electron chi connectivity index (χ1n) is 6.69. The summed E-state index contributed by atoms with van der Waals surface area (Å²) in [4.78, 5) is -0.0787. The topological polar surface area (TPSA) is 63.6 Å². The first-order valence-corrected chi connectivity index (χ1v) is 8.48. The highest BCUT2D eigenvalue weighted by atomic mass is 35.5. The van der Waals surface area contributed by atoms with Crippen molar-refractivity contribution in [1.82, 2.24) is 0 Å². The minimum absolute atomic E-state index is 0.0787. The van der Waals surface area contributed by atoms with E-state index in [-0.39, 0.29) is 23.1 Å². The third kappa shape index (κ3) is 3.67. The monoisotopic (exact) mass is 340 g/mol. The van der Waals surface area contributed by atoms with Crippen molar-refractivity contribution in [3.63, 3.8) is 0 Å². The van der Waals surface area contributed by atoms with Gasteiger partial charge >= 0.3 is 0 Å². The zero-order valence-corrected chi connectivity index (χ0v) is 13.6. The van der Waals surface area contributed by atoms with Gasteiger partial charge in [0, 0.05) is 5.41 Å². The molecule has 2 rings (SSSR count). The molecule has 22 heavy (non-hydrogen) atoms. The van der Waals surface area contributed by atoms with Gasteiger partial charge in [-0.25, -0.2) is 0 Å². The van der Waals surface area contributed by atoms with Gasteiger partial charge in [0.1, 0.15) is 4.90 Å². The number of aliphatic hydroxyl groups is 1. The molecule has 0 unspecified atom stereocenters. The molecule has 6 heteroatoms. The van der Waals surface area contributed by atoms with Crippen molar-refractivity contribution in [3.05, 3.63) is 65.2 Å². The van der Waals surface area contributed by atoms with Crippen molar-refractivity contribution in [1.29, 1.82) is 0 Å². The van der Waals surface area contributed by atoms with Crippen LogP contribution in [-0.2, 0) is 19.7 Å². The standard InChI is InChI=1S/C16H17ClO4S/c1-16(11-18,13-7-3-2-4-8-13)12-21-22(19,20)15-10-6-5-9-14(15)17/h2-10,18H,11-12H2,1H3/t16-/m1/s1. The van der Waals surface area contributed by atoms with Crippen LogP contribution in [0, 0.1) is 0 Å². The summed E-state index contributed by atoms with van der Waals surface area (Å²) < 4.78 is 29.7. The summed E-state index contributed by atoms with van der Waals surface area (Å²) >= 11 is 5.90. The van der Waals surface area contributed by atoms with E-state index in [1.807, 2.05) is 30.3 Å². The molecular formula is C16H17ClO4S. The summed E-state index contributed by atoms with van der Waals surface area (Å²) in [5, 5.41) is 9.76. The van der Waals surface area contributed by atoms with Gasteiger partial charge in [-0.2, -0.15) is 8.42 Å². The van der Waals surface area contributed by atoms with Crippen LogP contribution in [0.4, 0.5) is 0 Å². The fraction of sp³-hybridized carbons (Fsp3) is 0.250. The van der Waals surface area contributed by atoms with Gasteiger partial charge in [0.25, 0.3) is 10.1 Å². The maximum absolute atomic E-state index is 12.3. The van der Waals surface area contributed by atoms with Gasteiger partial charge in [-0.15, -0.1) is 0 Å². The number of halogens is 1. The van der Waals surface area contributed by atoms with Crippen molar-refractivity contribution in [2.75, 3.05) is 13.2 Å². The van der Waals surface area contributed by atoms with Crippen molar-refractivity contribution >= 4 is 21.7 Å². The van der Waals surface area contributed by atoms with Crippen LogP contribution >= 0.6 is 11.6 Å². The minimum atomic E-state index is -3.99. The van der Waals surface area contributed by atoms with Gasteiger partial charge < -0.3 is 5.11 Å². The van der Waals surface area contributed by atoms with Crippen molar-refractivity contribution in [3.8, 4) is 0 Å². The molecule has 1 atom stereocenters. The van der Waals surface area contributed by atoms with Crippen LogP contribution in [0.15, 0.2) is 59.5 Å². The second-order valence-corrected chi connectivity index (χ2v) is 7.22. The number of aliphatic hydroxyl groups excluding tert-OH is 1. The van der Waals surface area contributed by atoms with Crippen LogP contribution in [0.5, 0.6) is 0 Å². The number of benzene rings is 2. The summed E-state index contributed by atoms with van der Waals surface area (Å²) in [5.74, 6) is 0. The SMILES string of the molecule is C[C@@](CO)(COS(=O)(=O)c1ccccc1Cl)c1ccccc1. The highest BCUT2D eigenvalue weighted by molar-refractivity contribution is 7.86. The van der Waals surface area contributed by atoms with Crippen molar-refractivity contribution < 1.29 is 17.7 Å². The summed E-state index contributed by atoms with van der Waals surface area (Å²) in [6.07, 6.45) is 0. The van der Waals surface area contributed by atoms with E-state index in [2.05, 4.69) is 0 Å². The lowest BCUT2D eigenvalue weighted by Gasteiger charge is -2.27. The van der Waals surface area contributed by atoms with Crippen LogP contribution in [0.1, 0.15) is 12.5 Å². The van der Waals surface area contributed by atoms with E-state index in [4.69, 9.17) is 15.8 Å². The van der Waals surface area contributed by atoms with Crippen LogP contribution in [-0.4, -0.2) is 26.7 Å². The predicted octanol–water partition coefficient (Wildman–Crippen LogP) is 3.00. The molecule has 0 fully saturated rings. The minimum Gasteiger partial charge on any atom is -0.395 e. The summed E-state index contributed by atoms with van der Waals surface area (Å²) in [7, 11) is -3.99. The lowest BCUT2D eigenvalue weighted by atomic mass is 9.84. The first kappa shape index (κ1) is 17.0. The van der Waals surface area contributed by atoms with Gasteiger partial charge in [0.15, 0.2) is 0 Å². The number of hydrogen-bond acceptors (Lipinski definition) is 4. The average molecular weight is 341 g/mol. The van der Waals surface area contributed by atoms with Gasteiger partial charge in [-0.1, -0.05) is 61.0 Å².